The zero-order chi connectivity index (χ0) is 16.8. The maximum Gasteiger partial charge on any atom is 0.227 e. The van der Waals surface area contributed by atoms with E-state index in [9.17, 15) is 14.7 Å². The third kappa shape index (κ3) is 4.55. The number of hydrogen-bond acceptors (Lipinski definition) is 3. The van der Waals surface area contributed by atoms with Crippen LogP contribution >= 0.6 is 0 Å². The molecule has 1 aromatic rings. The summed E-state index contributed by atoms with van der Waals surface area (Å²) in [6.45, 7) is 4.61. The topological polar surface area (TPSA) is 69.6 Å². The van der Waals surface area contributed by atoms with E-state index >= 15 is 0 Å². The van der Waals surface area contributed by atoms with Gasteiger partial charge in [0.2, 0.25) is 11.8 Å². The van der Waals surface area contributed by atoms with Gasteiger partial charge in [0, 0.05) is 31.6 Å². The number of para-hydroxylation sites is 1. The largest absolute Gasteiger partial charge is 0.391 e. The van der Waals surface area contributed by atoms with Crippen molar-refractivity contribution in [3.8, 4) is 0 Å². The first-order valence-electron chi connectivity index (χ1n) is 8.36. The number of anilines is 1. The predicted molar refractivity (Wildman–Crippen MR) is 90.2 cm³/mol. The smallest absolute Gasteiger partial charge is 0.227 e. The van der Waals surface area contributed by atoms with E-state index < -0.39 is 6.10 Å². The van der Waals surface area contributed by atoms with Crippen LogP contribution in [0, 0.1) is 5.92 Å². The van der Waals surface area contributed by atoms with Gasteiger partial charge in [0.25, 0.3) is 0 Å². The Morgan fingerprint density at radius 3 is 2.83 bits per heavy atom. The highest BCUT2D eigenvalue weighted by molar-refractivity contribution is 5.96. The van der Waals surface area contributed by atoms with E-state index in [0.29, 0.717) is 13.0 Å². The van der Waals surface area contributed by atoms with E-state index in [2.05, 4.69) is 5.32 Å². The second kappa shape index (κ2) is 8.11. The van der Waals surface area contributed by atoms with Gasteiger partial charge in [0.15, 0.2) is 0 Å². The molecule has 2 unspecified atom stereocenters. The molecule has 0 aromatic heterocycles. The van der Waals surface area contributed by atoms with Crippen LogP contribution in [0.4, 0.5) is 5.69 Å². The Hall–Kier alpha value is -1.88. The fourth-order valence-electron chi connectivity index (χ4n) is 2.74. The summed E-state index contributed by atoms with van der Waals surface area (Å²) in [5, 5.41) is 12.6. The normalized spacial score (nSPS) is 16.7. The molecule has 2 rings (SSSR count). The number of aryl methyl sites for hydroxylation is 1. The lowest BCUT2D eigenvalue weighted by Gasteiger charge is -2.29. The number of carbonyl (C=O) groups is 2. The van der Waals surface area contributed by atoms with Crippen molar-refractivity contribution in [2.45, 2.75) is 45.6 Å². The van der Waals surface area contributed by atoms with Crippen molar-refractivity contribution in [2.24, 2.45) is 5.92 Å². The van der Waals surface area contributed by atoms with Gasteiger partial charge in [-0.25, -0.2) is 0 Å². The summed E-state index contributed by atoms with van der Waals surface area (Å²) in [5.41, 5.74) is 2.07. The van der Waals surface area contributed by atoms with Crippen molar-refractivity contribution < 1.29 is 14.7 Å². The van der Waals surface area contributed by atoms with Crippen LogP contribution in [-0.2, 0) is 16.0 Å². The first-order chi connectivity index (χ1) is 11.0. The molecule has 0 bridgehead atoms. The number of rotatable bonds is 7. The highest BCUT2D eigenvalue weighted by atomic mass is 16.3. The number of hydrogen-bond donors (Lipinski definition) is 2. The summed E-state index contributed by atoms with van der Waals surface area (Å²) >= 11 is 0. The van der Waals surface area contributed by atoms with Crippen molar-refractivity contribution in [1.29, 1.82) is 0 Å². The molecule has 0 fully saturated rings. The molecule has 0 saturated carbocycles. The van der Waals surface area contributed by atoms with Gasteiger partial charge in [0.05, 0.1) is 6.10 Å². The van der Waals surface area contributed by atoms with Crippen LogP contribution in [0.3, 0.4) is 0 Å². The summed E-state index contributed by atoms with van der Waals surface area (Å²) < 4.78 is 0. The SMILES string of the molecule is CCC(C)C(O)CNC(=O)CCN1C(=O)CCc2ccccc21. The van der Waals surface area contributed by atoms with Crippen molar-refractivity contribution >= 4 is 17.5 Å². The minimum Gasteiger partial charge on any atom is -0.391 e. The van der Waals surface area contributed by atoms with E-state index in [4.69, 9.17) is 0 Å². The molecular formula is C18H26N2O3. The lowest BCUT2D eigenvalue weighted by atomic mass is 10.0. The molecule has 126 valence electrons. The van der Waals surface area contributed by atoms with Crippen molar-refractivity contribution in [2.75, 3.05) is 18.0 Å². The van der Waals surface area contributed by atoms with E-state index in [-0.39, 0.29) is 30.7 Å². The molecule has 23 heavy (non-hydrogen) atoms. The van der Waals surface area contributed by atoms with Crippen LogP contribution < -0.4 is 10.2 Å². The third-order valence-electron chi connectivity index (χ3n) is 4.56. The van der Waals surface area contributed by atoms with Gasteiger partial charge in [-0.3, -0.25) is 9.59 Å². The number of nitrogens with one attached hydrogen (secondary N) is 1. The van der Waals surface area contributed by atoms with Gasteiger partial charge < -0.3 is 15.3 Å². The van der Waals surface area contributed by atoms with Gasteiger partial charge >= 0.3 is 0 Å². The number of aliphatic hydroxyl groups excluding tert-OH is 1. The Labute approximate surface area is 137 Å². The maximum atomic E-state index is 12.1. The average molecular weight is 318 g/mol. The number of carbonyl (C=O) groups excluding carboxylic acids is 2. The van der Waals surface area contributed by atoms with Crippen LogP contribution in [0.15, 0.2) is 24.3 Å². The molecule has 5 nitrogen and oxygen atoms in total. The Bertz CT molecular complexity index is 559. The zero-order valence-corrected chi connectivity index (χ0v) is 13.9. The van der Waals surface area contributed by atoms with Gasteiger partial charge in [-0.1, -0.05) is 38.5 Å². The summed E-state index contributed by atoms with van der Waals surface area (Å²) in [4.78, 5) is 25.8. The molecule has 1 aromatic carbocycles. The van der Waals surface area contributed by atoms with Gasteiger partial charge in [-0.05, 0) is 24.0 Å². The van der Waals surface area contributed by atoms with Crippen molar-refractivity contribution in [3.05, 3.63) is 29.8 Å². The monoisotopic (exact) mass is 318 g/mol. The van der Waals surface area contributed by atoms with E-state index in [0.717, 1.165) is 24.1 Å². The molecular weight excluding hydrogens is 292 g/mol. The Morgan fingerprint density at radius 1 is 1.35 bits per heavy atom. The summed E-state index contributed by atoms with van der Waals surface area (Å²) in [7, 11) is 0. The quantitative estimate of drug-likeness (QED) is 0.806. The summed E-state index contributed by atoms with van der Waals surface area (Å²) in [6, 6.07) is 7.83. The molecule has 0 spiro atoms. The van der Waals surface area contributed by atoms with Crippen LogP contribution in [-0.4, -0.2) is 36.1 Å². The molecule has 5 heteroatoms. The third-order valence-corrected chi connectivity index (χ3v) is 4.56. The van der Waals surface area contributed by atoms with Crippen LogP contribution in [0.1, 0.15) is 38.7 Å². The van der Waals surface area contributed by atoms with Crippen molar-refractivity contribution in [1.82, 2.24) is 5.32 Å². The number of amides is 2. The summed E-state index contributed by atoms with van der Waals surface area (Å²) in [5.74, 6) is 0.0881. The molecule has 0 radical (unpaired) electrons. The second-order valence-electron chi connectivity index (χ2n) is 6.18. The molecule has 1 aliphatic heterocycles. The molecule has 2 atom stereocenters. The van der Waals surface area contributed by atoms with Crippen molar-refractivity contribution in [3.63, 3.8) is 0 Å². The highest BCUT2D eigenvalue weighted by Gasteiger charge is 2.24. The van der Waals surface area contributed by atoms with Gasteiger partial charge in [-0.2, -0.15) is 0 Å². The molecule has 0 aliphatic carbocycles. The highest BCUT2D eigenvalue weighted by Crippen LogP contribution is 2.27. The lowest BCUT2D eigenvalue weighted by Crippen LogP contribution is -2.40. The number of fused-ring (bicyclic) bond motifs is 1. The predicted octanol–water partition coefficient (Wildman–Crippen LogP) is 1.88. The second-order valence-corrected chi connectivity index (χ2v) is 6.18. The van der Waals surface area contributed by atoms with Crippen LogP contribution in [0.5, 0.6) is 0 Å². The van der Waals surface area contributed by atoms with Gasteiger partial charge in [0.1, 0.15) is 0 Å². The Kier molecular flexibility index (Phi) is 6.16. The number of aliphatic hydroxyl groups is 1. The van der Waals surface area contributed by atoms with E-state index in [1.165, 1.54) is 0 Å². The standard InChI is InChI=1S/C18H26N2O3/c1-3-13(2)16(21)12-19-17(22)10-11-20-15-7-5-4-6-14(15)8-9-18(20)23/h4-7,13,16,21H,3,8-12H2,1-2H3,(H,19,22). The van der Waals surface area contributed by atoms with Crippen LogP contribution in [0.25, 0.3) is 0 Å². The Balaban J connectivity index is 1.86. The lowest BCUT2D eigenvalue weighted by molar-refractivity contribution is -0.121. The Morgan fingerprint density at radius 2 is 2.09 bits per heavy atom. The molecule has 1 aliphatic rings. The molecule has 2 amide bonds. The van der Waals surface area contributed by atoms with E-state index in [1.54, 1.807) is 4.90 Å². The van der Waals surface area contributed by atoms with Crippen LogP contribution in [0.2, 0.25) is 0 Å². The fraction of sp³-hybridized carbons (Fsp3) is 0.556. The average Bonchev–Trinajstić information content (AvgIpc) is 2.57. The zero-order valence-electron chi connectivity index (χ0n) is 13.9. The first-order valence-corrected chi connectivity index (χ1v) is 8.36. The first kappa shape index (κ1) is 17.5. The molecule has 2 N–H and O–H groups in total. The minimum atomic E-state index is -0.527. The number of benzene rings is 1. The molecule has 0 saturated heterocycles. The maximum absolute atomic E-state index is 12.1. The summed E-state index contributed by atoms with van der Waals surface area (Å²) in [6.07, 6.45) is 1.84. The van der Waals surface area contributed by atoms with E-state index in [1.807, 2.05) is 38.1 Å². The molecule has 1 heterocycles. The number of nitrogens with zero attached hydrogens (tertiary/aromatic N) is 1. The van der Waals surface area contributed by atoms with Gasteiger partial charge in [-0.15, -0.1) is 0 Å². The fourth-order valence-corrected chi connectivity index (χ4v) is 2.74. The minimum absolute atomic E-state index is 0.0659.